The summed E-state index contributed by atoms with van der Waals surface area (Å²) in [5, 5.41) is 21.5. The summed E-state index contributed by atoms with van der Waals surface area (Å²) in [4.78, 5) is 0.709. The van der Waals surface area contributed by atoms with Crippen molar-refractivity contribution in [2.45, 2.75) is 0 Å². The molecule has 5 aromatic rings. The van der Waals surface area contributed by atoms with Crippen LogP contribution in [0.2, 0.25) is 0 Å². The Morgan fingerprint density at radius 2 is 1.76 bits per heavy atom. The van der Waals surface area contributed by atoms with E-state index in [2.05, 4.69) is 20.4 Å². The first-order chi connectivity index (χ1) is 14.3. The van der Waals surface area contributed by atoms with Crippen molar-refractivity contribution in [2.24, 2.45) is 0 Å². The number of hydrogen-bond donors (Lipinski definition) is 1. The second-order valence-corrected chi connectivity index (χ2v) is 7.47. The molecule has 0 unspecified atom stereocenters. The third-order valence-corrected chi connectivity index (χ3v) is 5.62. The van der Waals surface area contributed by atoms with E-state index in [1.807, 2.05) is 54.6 Å². The maximum Gasteiger partial charge on any atom is 0.235 e. The first-order valence-electron chi connectivity index (χ1n) is 9.09. The van der Waals surface area contributed by atoms with Crippen molar-refractivity contribution in [1.29, 1.82) is 0 Å². The quantitative estimate of drug-likeness (QED) is 0.495. The van der Waals surface area contributed by atoms with E-state index in [4.69, 9.17) is 14.6 Å². The van der Waals surface area contributed by atoms with Crippen molar-refractivity contribution in [3.8, 4) is 44.8 Å². The number of fused-ring (bicyclic) bond motifs is 2. The first-order valence-corrected chi connectivity index (χ1v) is 9.90. The van der Waals surface area contributed by atoms with Crippen LogP contribution in [0.25, 0.3) is 38.3 Å². The largest absolute Gasteiger partial charge is 0.486 e. The molecule has 9 heteroatoms. The molecule has 142 valence electrons. The zero-order chi connectivity index (χ0) is 19.2. The molecule has 0 spiro atoms. The summed E-state index contributed by atoms with van der Waals surface area (Å²) >= 11 is 1.47. The molecule has 0 fully saturated rings. The topological polar surface area (TPSA) is 90.2 Å². The fourth-order valence-corrected chi connectivity index (χ4v) is 4.11. The highest BCUT2D eigenvalue weighted by molar-refractivity contribution is 7.19. The van der Waals surface area contributed by atoms with Crippen molar-refractivity contribution >= 4 is 16.3 Å². The molecule has 1 aliphatic heterocycles. The van der Waals surface area contributed by atoms with Gasteiger partial charge in [0.25, 0.3) is 0 Å². The number of aromatic amines is 1. The molecule has 1 aliphatic rings. The average molecular weight is 402 g/mol. The Labute approximate surface area is 168 Å². The fraction of sp³-hybridized carbons (Fsp3) is 0.100. The van der Waals surface area contributed by atoms with Crippen LogP contribution in [0.15, 0.2) is 54.6 Å². The maximum atomic E-state index is 5.68. The lowest BCUT2D eigenvalue weighted by Crippen LogP contribution is -2.15. The smallest absolute Gasteiger partial charge is 0.235 e. The Hall–Kier alpha value is -3.72. The van der Waals surface area contributed by atoms with Gasteiger partial charge >= 0.3 is 0 Å². The molecule has 4 heterocycles. The van der Waals surface area contributed by atoms with Gasteiger partial charge in [0.15, 0.2) is 11.5 Å². The van der Waals surface area contributed by atoms with E-state index in [-0.39, 0.29) is 0 Å². The van der Waals surface area contributed by atoms with Gasteiger partial charge in [-0.2, -0.15) is 14.7 Å². The molecule has 8 nitrogen and oxygen atoms in total. The number of nitrogens with zero attached hydrogens (tertiary/aromatic N) is 5. The summed E-state index contributed by atoms with van der Waals surface area (Å²) in [5.74, 6) is 2.12. The average Bonchev–Trinajstić information content (AvgIpc) is 3.50. The summed E-state index contributed by atoms with van der Waals surface area (Å²) in [5.41, 5.74) is 3.59. The third-order valence-electron chi connectivity index (χ3n) is 4.67. The number of benzene rings is 2. The van der Waals surface area contributed by atoms with Gasteiger partial charge in [0, 0.05) is 11.1 Å². The van der Waals surface area contributed by atoms with Crippen LogP contribution in [-0.2, 0) is 0 Å². The van der Waals surface area contributed by atoms with Gasteiger partial charge in [-0.25, -0.2) is 0 Å². The van der Waals surface area contributed by atoms with Gasteiger partial charge in [-0.05, 0) is 24.3 Å². The lowest BCUT2D eigenvalue weighted by molar-refractivity contribution is 0.171. The Morgan fingerprint density at radius 1 is 0.897 bits per heavy atom. The second-order valence-electron chi connectivity index (χ2n) is 6.52. The summed E-state index contributed by atoms with van der Waals surface area (Å²) < 4.78 is 13.0. The highest BCUT2D eigenvalue weighted by atomic mass is 32.1. The fourth-order valence-electron chi connectivity index (χ4n) is 3.27. The Bertz CT molecular complexity index is 1320. The maximum absolute atomic E-state index is 5.68. The van der Waals surface area contributed by atoms with Gasteiger partial charge in [-0.15, -0.1) is 10.2 Å². The van der Waals surface area contributed by atoms with Crippen LogP contribution in [0.3, 0.4) is 0 Å². The lowest BCUT2D eigenvalue weighted by atomic mass is 10.1. The van der Waals surface area contributed by atoms with E-state index < -0.39 is 0 Å². The molecule has 0 atom stereocenters. The predicted molar refractivity (Wildman–Crippen MR) is 108 cm³/mol. The summed E-state index contributed by atoms with van der Waals surface area (Å²) in [6, 6.07) is 17.8. The van der Waals surface area contributed by atoms with Crippen LogP contribution in [0.1, 0.15) is 0 Å². The van der Waals surface area contributed by atoms with Gasteiger partial charge in [0.05, 0.1) is 5.69 Å². The van der Waals surface area contributed by atoms with E-state index in [1.165, 1.54) is 11.3 Å². The number of rotatable bonds is 3. The molecule has 6 rings (SSSR count). The molecular formula is C20H14N6O2S. The molecule has 0 radical (unpaired) electrons. The minimum Gasteiger partial charge on any atom is -0.486 e. The number of nitrogens with one attached hydrogen (secondary N) is 1. The normalized spacial score (nSPS) is 13.1. The van der Waals surface area contributed by atoms with Crippen LogP contribution in [0.4, 0.5) is 0 Å². The van der Waals surface area contributed by atoms with Crippen LogP contribution in [0, 0.1) is 0 Å². The van der Waals surface area contributed by atoms with Gasteiger partial charge < -0.3 is 9.47 Å². The van der Waals surface area contributed by atoms with Crippen molar-refractivity contribution in [1.82, 2.24) is 30.0 Å². The molecule has 0 saturated heterocycles. The first kappa shape index (κ1) is 16.3. The SMILES string of the molecule is c1ccc(-c2cc(-c3nnc4sc(-c5ccc6c(c5)OCCO6)nn34)[nH]n2)cc1. The Kier molecular flexibility index (Phi) is 3.60. The van der Waals surface area contributed by atoms with E-state index in [9.17, 15) is 0 Å². The molecule has 3 aromatic heterocycles. The standard InChI is InChI=1S/C20H14N6O2S/c1-2-4-12(5-3-1)14-11-15(22-21-14)18-23-24-20-26(18)25-19(29-20)13-6-7-16-17(10-13)28-9-8-27-16/h1-7,10-11H,8-9H2,(H,21,22). The van der Waals surface area contributed by atoms with Crippen LogP contribution >= 0.6 is 11.3 Å². The number of ether oxygens (including phenoxy) is 2. The number of aromatic nitrogens is 6. The van der Waals surface area contributed by atoms with Gasteiger partial charge in [0.1, 0.15) is 23.9 Å². The van der Waals surface area contributed by atoms with Crippen LogP contribution in [0.5, 0.6) is 11.5 Å². The summed E-state index contributed by atoms with van der Waals surface area (Å²) in [7, 11) is 0. The van der Waals surface area contributed by atoms with Crippen molar-refractivity contribution in [3.05, 3.63) is 54.6 Å². The monoisotopic (exact) mass is 402 g/mol. The molecule has 1 N–H and O–H groups in total. The molecule has 2 aromatic carbocycles. The molecule has 29 heavy (non-hydrogen) atoms. The Balaban J connectivity index is 1.38. The minimum absolute atomic E-state index is 0.551. The van der Waals surface area contributed by atoms with E-state index in [1.54, 1.807) is 4.52 Å². The number of hydrogen-bond acceptors (Lipinski definition) is 7. The summed E-state index contributed by atoms with van der Waals surface area (Å²) in [6.45, 7) is 1.12. The minimum atomic E-state index is 0.551. The van der Waals surface area contributed by atoms with Crippen molar-refractivity contribution < 1.29 is 9.47 Å². The summed E-state index contributed by atoms with van der Waals surface area (Å²) in [6.07, 6.45) is 0. The molecule has 0 amide bonds. The molecule has 0 saturated carbocycles. The van der Waals surface area contributed by atoms with Gasteiger partial charge in [-0.1, -0.05) is 41.7 Å². The highest BCUT2D eigenvalue weighted by Crippen LogP contribution is 2.36. The molecule has 0 aliphatic carbocycles. The van der Waals surface area contributed by atoms with E-state index >= 15 is 0 Å². The van der Waals surface area contributed by atoms with Crippen molar-refractivity contribution in [2.75, 3.05) is 13.2 Å². The Morgan fingerprint density at radius 3 is 2.66 bits per heavy atom. The lowest BCUT2D eigenvalue weighted by Gasteiger charge is -2.18. The number of H-pyrrole nitrogens is 1. The van der Waals surface area contributed by atoms with Crippen LogP contribution < -0.4 is 9.47 Å². The van der Waals surface area contributed by atoms with Crippen molar-refractivity contribution in [3.63, 3.8) is 0 Å². The predicted octanol–water partition coefficient (Wildman–Crippen LogP) is 3.68. The van der Waals surface area contributed by atoms with E-state index in [0.717, 1.165) is 39.0 Å². The zero-order valence-electron chi connectivity index (χ0n) is 15.1. The molecular weight excluding hydrogens is 388 g/mol. The van der Waals surface area contributed by atoms with Crippen LogP contribution in [-0.4, -0.2) is 43.2 Å². The van der Waals surface area contributed by atoms with Gasteiger partial charge in [-0.3, -0.25) is 5.10 Å². The zero-order valence-corrected chi connectivity index (χ0v) is 15.9. The van der Waals surface area contributed by atoms with E-state index in [0.29, 0.717) is 24.0 Å². The highest BCUT2D eigenvalue weighted by Gasteiger charge is 2.18. The molecule has 0 bridgehead atoms. The third kappa shape index (κ3) is 2.74. The second kappa shape index (κ2) is 6.42. The van der Waals surface area contributed by atoms with Gasteiger partial charge in [0.2, 0.25) is 10.8 Å².